The first-order valence-corrected chi connectivity index (χ1v) is 9.69. The Balaban J connectivity index is 2.18. The predicted octanol–water partition coefficient (Wildman–Crippen LogP) is 3.62. The fraction of sp³-hybridized carbons (Fsp3) is 0.188. The van der Waals surface area contributed by atoms with Crippen LogP contribution < -0.4 is 4.72 Å². The molecule has 0 fully saturated rings. The lowest BCUT2D eigenvalue weighted by Crippen LogP contribution is -2.33. The summed E-state index contributed by atoms with van der Waals surface area (Å²) in [6, 6.07) is 16.4. The topological polar surface area (TPSA) is 72.5 Å². The lowest BCUT2D eigenvalue weighted by atomic mass is 10.1. The molecule has 0 amide bonds. The SMILES string of the molecule is O=C(O[C@H](CNS(=O)(=O)c1ccccc1)c1ccccc1)C(Cl)(Cl)Cl. The van der Waals surface area contributed by atoms with E-state index in [0.717, 1.165) is 0 Å². The van der Waals surface area contributed by atoms with E-state index in [2.05, 4.69) is 4.72 Å². The predicted molar refractivity (Wildman–Crippen MR) is 97.2 cm³/mol. The zero-order valence-corrected chi connectivity index (χ0v) is 15.8. The molecule has 0 spiro atoms. The zero-order valence-electron chi connectivity index (χ0n) is 12.7. The van der Waals surface area contributed by atoms with E-state index < -0.39 is 25.9 Å². The fourth-order valence-electron chi connectivity index (χ4n) is 1.96. The van der Waals surface area contributed by atoms with Crippen molar-refractivity contribution < 1.29 is 17.9 Å². The maximum Gasteiger partial charge on any atom is 0.359 e. The van der Waals surface area contributed by atoms with Crippen molar-refractivity contribution in [1.29, 1.82) is 0 Å². The highest BCUT2D eigenvalue weighted by molar-refractivity contribution is 7.89. The Labute approximate surface area is 160 Å². The molecule has 0 aliphatic carbocycles. The van der Waals surface area contributed by atoms with Crippen molar-refractivity contribution in [3.63, 3.8) is 0 Å². The number of sulfonamides is 1. The minimum atomic E-state index is -3.77. The van der Waals surface area contributed by atoms with Crippen molar-refractivity contribution >= 4 is 50.8 Å². The second-order valence-electron chi connectivity index (χ2n) is 4.97. The average molecular weight is 423 g/mol. The van der Waals surface area contributed by atoms with Crippen LogP contribution in [0.2, 0.25) is 0 Å². The van der Waals surface area contributed by atoms with Crippen LogP contribution in [-0.4, -0.2) is 24.7 Å². The maximum absolute atomic E-state index is 12.3. The monoisotopic (exact) mass is 421 g/mol. The molecule has 1 N–H and O–H groups in total. The first-order valence-electron chi connectivity index (χ1n) is 7.07. The second-order valence-corrected chi connectivity index (χ2v) is 9.02. The molecule has 0 aliphatic rings. The summed E-state index contributed by atoms with van der Waals surface area (Å²) in [5, 5.41) is 0. The molecule has 2 aromatic rings. The third kappa shape index (κ3) is 5.87. The quantitative estimate of drug-likeness (QED) is 0.570. The van der Waals surface area contributed by atoms with Gasteiger partial charge in [-0.2, -0.15) is 0 Å². The lowest BCUT2D eigenvalue weighted by molar-refractivity contribution is -0.148. The number of rotatable bonds is 6. The van der Waals surface area contributed by atoms with Gasteiger partial charge in [-0.15, -0.1) is 0 Å². The second kappa shape index (κ2) is 8.38. The highest BCUT2D eigenvalue weighted by atomic mass is 35.6. The number of carbonyl (C=O) groups is 1. The van der Waals surface area contributed by atoms with Gasteiger partial charge in [-0.05, 0) is 17.7 Å². The molecule has 2 aromatic carbocycles. The molecule has 1 atom stereocenters. The number of hydrogen-bond donors (Lipinski definition) is 1. The van der Waals surface area contributed by atoms with Crippen LogP contribution in [0.15, 0.2) is 65.6 Å². The molecule has 0 heterocycles. The molecule has 9 heteroatoms. The Morgan fingerprint density at radius 2 is 1.52 bits per heavy atom. The Morgan fingerprint density at radius 1 is 1.00 bits per heavy atom. The van der Waals surface area contributed by atoms with E-state index in [4.69, 9.17) is 39.5 Å². The normalized spacial score (nSPS) is 13.2. The summed E-state index contributed by atoms with van der Waals surface area (Å²) in [5.74, 6) is -1.09. The molecule has 2 rings (SSSR count). The summed E-state index contributed by atoms with van der Waals surface area (Å²) in [5.41, 5.74) is 0.556. The number of esters is 1. The maximum atomic E-state index is 12.3. The molecule has 25 heavy (non-hydrogen) atoms. The highest BCUT2D eigenvalue weighted by Crippen LogP contribution is 2.30. The fourth-order valence-corrected chi connectivity index (χ4v) is 3.15. The smallest absolute Gasteiger partial charge is 0.359 e. The Hall–Kier alpha value is -1.31. The van der Waals surface area contributed by atoms with Crippen LogP contribution in [0.5, 0.6) is 0 Å². The number of ether oxygens (including phenoxy) is 1. The molecule has 0 aromatic heterocycles. The van der Waals surface area contributed by atoms with Crippen LogP contribution in [0.4, 0.5) is 0 Å². The first kappa shape index (κ1) is 20.0. The van der Waals surface area contributed by atoms with Crippen molar-refractivity contribution in [2.45, 2.75) is 14.8 Å². The summed E-state index contributed by atoms with van der Waals surface area (Å²) >= 11 is 16.6. The molecule has 0 bridgehead atoms. The Morgan fingerprint density at radius 3 is 2.04 bits per heavy atom. The zero-order chi connectivity index (χ0) is 18.5. The summed E-state index contributed by atoms with van der Waals surface area (Å²) in [7, 11) is -3.77. The van der Waals surface area contributed by atoms with Gasteiger partial charge in [0.2, 0.25) is 10.0 Å². The standard InChI is InChI=1S/C16H14Cl3NO4S/c17-16(18,19)15(21)24-14(12-7-3-1-4-8-12)11-20-25(22,23)13-9-5-2-6-10-13/h1-10,14,20H,11H2/t14-/m1/s1. The molecular formula is C16H14Cl3NO4S. The van der Waals surface area contributed by atoms with Gasteiger partial charge in [0.1, 0.15) is 6.10 Å². The molecule has 134 valence electrons. The number of halogens is 3. The van der Waals surface area contributed by atoms with Gasteiger partial charge in [0.25, 0.3) is 3.79 Å². The lowest BCUT2D eigenvalue weighted by Gasteiger charge is -2.21. The largest absolute Gasteiger partial charge is 0.453 e. The van der Waals surface area contributed by atoms with Crippen LogP contribution in [0.1, 0.15) is 11.7 Å². The first-order chi connectivity index (χ1) is 11.7. The van der Waals surface area contributed by atoms with Gasteiger partial charge in [-0.25, -0.2) is 17.9 Å². The van der Waals surface area contributed by atoms with E-state index in [1.165, 1.54) is 12.1 Å². The van der Waals surface area contributed by atoms with Crippen LogP contribution in [0.25, 0.3) is 0 Å². The van der Waals surface area contributed by atoms with Gasteiger partial charge in [0.05, 0.1) is 11.4 Å². The number of alkyl halides is 3. The van der Waals surface area contributed by atoms with Crippen molar-refractivity contribution in [2.75, 3.05) is 6.54 Å². The van der Waals surface area contributed by atoms with Crippen LogP contribution in [0.3, 0.4) is 0 Å². The average Bonchev–Trinajstić information content (AvgIpc) is 2.59. The van der Waals surface area contributed by atoms with E-state index in [1.54, 1.807) is 48.5 Å². The summed E-state index contributed by atoms with van der Waals surface area (Å²) < 4.78 is 30.0. The van der Waals surface area contributed by atoms with Crippen molar-refractivity contribution in [3.05, 3.63) is 66.2 Å². The van der Waals surface area contributed by atoms with Crippen molar-refractivity contribution in [1.82, 2.24) is 4.72 Å². The number of nitrogens with one attached hydrogen (secondary N) is 1. The highest BCUT2D eigenvalue weighted by Gasteiger charge is 2.35. The Kier molecular flexibility index (Phi) is 6.71. The third-order valence-corrected chi connectivity index (χ3v) is 5.07. The van der Waals surface area contributed by atoms with Crippen LogP contribution in [0, 0.1) is 0 Å². The summed E-state index contributed by atoms with van der Waals surface area (Å²) in [4.78, 5) is 11.9. The van der Waals surface area contributed by atoms with Crippen molar-refractivity contribution in [2.24, 2.45) is 0 Å². The van der Waals surface area contributed by atoms with E-state index in [1.807, 2.05) is 0 Å². The van der Waals surface area contributed by atoms with Crippen LogP contribution >= 0.6 is 34.8 Å². The minimum Gasteiger partial charge on any atom is -0.453 e. The van der Waals surface area contributed by atoms with E-state index in [-0.39, 0.29) is 11.4 Å². The molecule has 0 saturated carbocycles. The van der Waals surface area contributed by atoms with Gasteiger partial charge in [0.15, 0.2) is 0 Å². The minimum absolute atomic E-state index is 0.0921. The molecule has 0 unspecified atom stereocenters. The number of benzene rings is 2. The van der Waals surface area contributed by atoms with E-state index in [0.29, 0.717) is 5.56 Å². The number of hydrogen-bond acceptors (Lipinski definition) is 4. The molecule has 0 saturated heterocycles. The third-order valence-electron chi connectivity index (χ3n) is 3.16. The van der Waals surface area contributed by atoms with Gasteiger partial charge in [-0.1, -0.05) is 83.3 Å². The van der Waals surface area contributed by atoms with E-state index in [9.17, 15) is 13.2 Å². The molecule has 0 radical (unpaired) electrons. The Bertz CT molecular complexity index is 808. The van der Waals surface area contributed by atoms with Crippen LogP contribution in [-0.2, 0) is 19.6 Å². The molecular weight excluding hydrogens is 409 g/mol. The van der Waals surface area contributed by atoms with E-state index >= 15 is 0 Å². The van der Waals surface area contributed by atoms with Gasteiger partial charge in [0, 0.05) is 0 Å². The summed E-state index contributed by atoms with van der Waals surface area (Å²) in [6.07, 6.45) is -0.956. The molecule has 5 nitrogen and oxygen atoms in total. The summed E-state index contributed by atoms with van der Waals surface area (Å²) in [6.45, 7) is -0.215. The number of carbonyl (C=O) groups excluding carboxylic acids is 1. The van der Waals surface area contributed by atoms with Gasteiger partial charge in [-0.3, -0.25) is 0 Å². The van der Waals surface area contributed by atoms with Gasteiger partial charge < -0.3 is 4.74 Å². The van der Waals surface area contributed by atoms with Gasteiger partial charge >= 0.3 is 5.97 Å². The van der Waals surface area contributed by atoms with Crippen molar-refractivity contribution in [3.8, 4) is 0 Å². The molecule has 0 aliphatic heterocycles.